The van der Waals surface area contributed by atoms with E-state index in [1.807, 2.05) is 6.20 Å². The quantitative estimate of drug-likeness (QED) is 0.463. The van der Waals surface area contributed by atoms with Gasteiger partial charge in [0.25, 0.3) is 0 Å². The van der Waals surface area contributed by atoms with Crippen molar-refractivity contribution < 1.29 is 13.9 Å². The van der Waals surface area contributed by atoms with Gasteiger partial charge in [0, 0.05) is 31.7 Å². The molecule has 2 aliphatic heterocycles. The Kier molecular flexibility index (Phi) is 4.73. The number of nitrogens with zero attached hydrogens (tertiary/aromatic N) is 5. The second-order valence-electron chi connectivity index (χ2n) is 8.88. The van der Waals surface area contributed by atoms with Gasteiger partial charge in [0.05, 0.1) is 43.7 Å². The Morgan fingerprint density at radius 2 is 1.68 bits per heavy atom. The van der Waals surface area contributed by atoms with Crippen LogP contribution in [0.3, 0.4) is 0 Å². The van der Waals surface area contributed by atoms with Crippen molar-refractivity contribution >= 4 is 39.8 Å². The average Bonchev–Trinajstić information content (AvgIpc) is 3.53. The van der Waals surface area contributed by atoms with Gasteiger partial charge < -0.3 is 23.7 Å². The van der Waals surface area contributed by atoms with Crippen molar-refractivity contribution in [2.75, 3.05) is 62.4 Å². The summed E-state index contributed by atoms with van der Waals surface area (Å²) < 4.78 is 17.4. The van der Waals surface area contributed by atoms with Crippen molar-refractivity contribution in [2.24, 2.45) is 0 Å². The first-order valence-electron chi connectivity index (χ1n) is 11.9. The number of allylic oxidation sites excluding steroid dienone is 1. The number of ether oxygens (including phenoxy) is 2. The van der Waals surface area contributed by atoms with E-state index in [0.717, 1.165) is 79.6 Å². The Bertz CT molecular complexity index is 1420. The van der Waals surface area contributed by atoms with Crippen LogP contribution in [-0.4, -0.2) is 67.6 Å². The lowest BCUT2D eigenvalue weighted by molar-refractivity contribution is 0.122. The van der Waals surface area contributed by atoms with E-state index in [-0.39, 0.29) is 0 Å². The van der Waals surface area contributed by atoms with E-state index in [9.17, 15) is 0 Å². The van der Waals surface area contributed by atoms with Gasteiger partial charge in [-0.15, -0.1) is 0 Å². The number of hydrogen-bond acceptors (Lipinski definition) is 8. The minimum absolute atomic E-state index is 0.589. The number of rotatable bonds is 3. The maximum absolute atomic E-state index is 6.29. The standard InChI is InChI=1S/C26H25N5O3/c1-3-17-4-2-6-20(19(17)5-1)24-28-22-21-15-18(30-7-11-32-12-8-30)16-27-26(21)34-23(22)25(29-24)31-9-13-33-14-10-31/h1-2,4-6,15-16H,3,7-14H2. The Balaban J connectivity index is 1.45. The van der Waals surface area contributed by atoms with Crippen LogP contribution >= 0.6 is 0 Å². The van der Waals surface area contributed by atoms with Gasteiger partial charge >= 0.3 is 0 Å². The molecule has 7 rings (SSSR count). The molecular formula is C26H25N5O3. The van der Waals surface area contributed by atoms with E-state index in [1.54, 1.807) is 0 Å². The first-order chi connectivity index (χ1) is 16.8. The van der Waals surface area contributed by atoms with E-state index in [2.05, 4.69) is 51.2 Å². The highest BCUT2D eigenvalue weighted by atomic mass is 16.5. The summed E-state index contributed by atoms with van der Waals surface area (Å²) in [5.74, 6) is 1.53. The number of hydrogen-bond donors (Lipinski definition) is 0. The minimum atomic E-state index is 0.589. The predicted molar refractivity (Wildman–Crippen MR) is 131 cm³/mol. The molecule has 0 spiro atoms. The fraction of sp³-hybridized carbons (Fsp3) is 0.346. The van der Waals surface area contributed by atoms with Crippen molar-refractivity contribution in [3.63, 3.8) is 0 Å². The van der Waals surface area contributed by atoms with E-state index in [0.29, 0.717) is 24.5 Å². The molecule has 1 aromatic carbocycles. The lowest BCUT2D eigenvalue weighted by Crippen LogP contribution is -2.37. The highest BCUT2D eigenvalue weighted by Gasteiger charge is 2.25. The predicted octanol–water partition coefficient (Wildman–Crippen LogP) is 3.68. The van der Waals surface area contributed by atoms with Crippen LogP contribution in [0.2, 0.25) is 0 Å². The molecule has 8 heteroatoms. The number of benzene rings is 1. The van der Waals surface area contributed by atoms with Gasteiger partial charge in [0.2, 0.25) is 5.71 Å². The first kappa shape index (κ1) is 19.9. The van der Waals surface area contributed by atoms with Crippen molar-refractivity contribution in [3.05, 3.63) is 47.7 Å². The number of morpholine rings is 2. The van der Waals surface area contributed by atoms with Gasteiger partial charge in [-0.25, -0.2) is 15.0 Å². The van der Waals surface area contributed by atoms with Crippen LogP contribution in [0.1, 0.15) is 11.1 Å². The number of pyridine rings is 1. The molecule has 1 aliphatic carbocycles. The maximum atomic E-state index is 6.29. The summed E-state index contributed by atoms with van der Waals surface area (Å²) in [6.07, 6.45) is 7.20. The van der Waals surface area contributed by atoms with Crippen molar-refractivity contribution in [1.29, 1.82) is 0 Å². The van der Waals surface area contributed by atoms with Crippen molar-refractivity contribution in [1.82, 2.24) is 15.0 Å². The normalized spacial score (nSPS) is 18.2. The van der Waals surface area contributed by atoms with Gasteiger partial charge in [0.1, 0.15) is 5.52 Å². The third kappa shape index (κ3) is 3.25. The van der Waals surface area contributed by atoms with Crippen LogP contribution < -0.4 is 9.80 Å². The Labute approximate surface area is 196 Å². The third-order valence-corrected chi connectivity index (χ3v) is 6.88. The molecule has 4 aromatic rings. The molecule has 34 heavy (non-hydrogen) atoms. The molecule has 172 valence electrons. The summed E-state index contributed by atoms with van der Waals surface area (Å²) in [5, 5.41) is 0.917. The van der Waals surface area contributed by atoms with E-state index >= 15 is 0 Å². The fourth-order valence-electron chi connectivity index (χ4n) is 5.10. The molecule has 8 nitrogen and oxygen atoms in total. The molecule has 2 fully saturated rings. The van der Waals surface area contributed by atoms with Gasteiger partial charge in [-0.3, -0.25) is 0 Å². The molecule has 2 saturated heterocycles. The summed E-state index contributed by atoms with van der Waals surface area (Å²) >= 11 is 0. The summed E-state index contributed by atoms with van der Waals surface area (Å²) in [5.41, 5.74) is 6.71. The largest absolute Gasteiger partial charge is 0.432 e. The molecular weight excluding hydrogens is 430 g/mol. The zero-order chi connectivity index (χ0) is 22.5. The highest BCUT2D eigenvalue weighted by molar-refractivity contribution is 6.06. The molecule has 0 radical (unpaired) electrons. The van der Waals surface area contributed by atoms with Gasteiger partial charge in [-0.1, -0.05) is 30.4 Å². The highest BCUT2D eigenvalue weighted by Crippen LogP contribution is 2.37. The lowest BCUT2D eigenvalue weighted by Gasteiger charge is -2.28. The molecule has 3 aliphatic rings. The summed E-state index contributed by atoms with van der Waals surface area (Å²) in [6, 6.07) is 8.52. The molecule has 0 bridgehead atoms. The molecule has 0 atom stereocenters. The van der Waals surface area contributed by atoms with Gasteiger partial charge in [-0.2, -0.15) is 0 Å². The molecule has 0 saturated carbocycles. The van der Waals surface area contributed by atoms with Crippen LogP contribution in [-0.2, 0) is 15.9 Å². The number of aromatic nitrogens is 3. The molecule has 5 heterocycles. The van der Waals surface area contributed by atoms with Crippen LogP contribution in [0.15, 0.2) is 41.0 Å². The van der Waals surface area contributed by atoms with Crippen LogP contribution in [0.4, 0.5) is 11.5 Å². The van der Waals surface area contributed by atoms with Crippen molar-refractivity contribution in [3.8, 4) is 11.4 Å². The molecule has 3 aromatic heterocycles. The Hall–Kier alpha value is -3.49. The molecule has 0 unspecified atom stereocenters. The topological polar surface area (TPSA) is 76.8 Å². The second kappa shape index (κ2) is 8.07. The summed E-state index contributed by atoms with van der Waals surface area (Å²) in [6.45, 7) is 6.03. The molecule has 0 amide bonds. The minimum Gasteiger partial charge on any atom is -0.432 e. The summed E-state index contributed by atoms with van der Waals surface area (Å²) in [7, 11) is 0. The van der Waals surface area contributed by atoms with Gasteiger partial charge in [-0.05, 0) is 23.6 Å². The summed E-state index contributed by atoms with van der Waals surface area (Å²) in [4.78, 5) is 19.3. The second-order valence-corrected chi connectivity index (χ2v) is 8.88. The van der Waals surface area contributed by atoms with Crippen LogP contribution in [0.5, 0.6) is 0 Å². The zero-order valence-corrected chi connectivity index (χ0v) is 18.9. The van der Waals surface area contributed by atoms with Crippen molar-refractivity contribution in [2.45, 2.75) is 6.42 Å². The van der Waals surface area contributed by atoms with Crippen LogP contribution in [0.25, 0.3) is 39.7 Å². The number of fused-ring (bicyclic) bond motifs is 4. The Morgan fingerprint density at radius 1 is 0.882 bits per heavy atom. The monoisotopic (exact) mass is 455 g/mol. The zero-order valence-electron chi connectivity index (χ0n) is 18.9. The molecule has 0 N–H and O–H groups in total. The average molecular weight is 456 g/mol. The lowest BCUT2D eigenvalue weighted by atomic mass is 10.0. The number of anilines is 2. The third-order valence-electron chi connectivity index (χ3n) is 6.88. The maximum Gasteiger partial charge on any atom is 0.229 e. The fourth-order valence-corrected chi connectivity index (χ4v) is 5.10. The van der Waals surface area contributed by atoms with Crippen LogP contribution in [0, 0.1) is 0 Å². The van der Waals surface area contributed by atoms with E-state index < -0.39 is 0 Å². The first-order valence-corrected chi connectivity index (χ1v) is 11.9. The van der Waals surface area contributed by atoms with E-state index in [1.165, 1.54) is 11.1 Å². The van der Waals surface area contributed by atoms with Gasteiger partial charge in [0.15, 0.2) is 17.2 Å². The SMILES string of the molecule is C1=Cc2c(cccc2-c2nc(N3CCOCC3)c3oc4ncc(N5CCOCC5)cc4c3n2)C1. The Morgan fingerprint density at radius 3 is 2.50 bits per heavy atom. The number of furan rings is 1. The smallest absolute Gasteiger partial charge is 0.229 e. The van der Waals surface area contributed by atoms with E-state index in [4.69, 9.17) is 23.9 Å².